The Hall–Kier alpha value is -2.82. The Kier molecular flexibility index (Phi) is 4.84. The lowest BCUT2D eigenvalue weighted by Crippen LogP contribution is -2.29. The van der Waals surface area contributed by atoms with Gasteiger partial charge in [-0.25, -0.2) is 4.98 Å². The smallest absolute Gasteiger partial charge is 0.267 e. The molecule has 0 fully saturated rings. The number of rotatable bonds is 4. The van der Waals surface area contributed by atoms with Crippen LogP contribution in [-0.2, 0) is 6.54 Å². The van der Waals surface area contributed by atoms with E-state index in [-0.39, 0.29) is 17.2 Å². The third-order valence-corrected chi connectivity index (χ3v) is 6.07. The lowest BCUT2D eigenvalue weighted by atomic mass is 10.1. The van der Waals surface area contributed by atoms with Gasteiger partial charge in [0.15, 0.2) is 10.0 Å². The van der Waals surface area contributed by atoms with Gasteiger partial charge in [-0.05, 0) is 19.1 Å². The Labute approximate surface area is 171 Å². The number of pyridine rings is 1. The number of thiazole rings is 1. The average molecular weight is 434 g/mol. The number of benzene rings is 1. The predicted molar refractivity (Wildman–Crippen MR) is 110 cm³/mol. The van der Waals surface area contributed by atoms with Gasteiger partial charge in [-0.15, -0.1) is 21.5 Å². The molecule has 0 atom stereocenters. The summed E-state index contributed by atoms with van der Waals surface area (Å²) in [7, 11) is 0. The SMILES string of the molecule is CCn1c(=O)c(C(=O)Nc2nnc(-c3nccs3)s2)c(O)c2cccc(Cl)c21. The number of carbonyl (C=O) groups excluding carboxylic acids is 1. The molecule has 0 aliphatic rings. The second-order valence-electron chi connectivity index (χ2n) is 5.61. The minimum atomic E-state index is -0.770. The van der Waals surface area contributed by atoms with E-state index in [1.54, 1.807) is 36.7 Å². The molecule has 4 aromatic rings. The molecule has 142 valence electrons. The van der Waals surface area contributed by atoms with Crippen molar-refractivity contribution >= 4 is 56.2 Å². The van der Waals surface area contributed by atoms with Gasteiger partial charge in [0, 0.05) is 23.5 Å². The minimum Gasteiger partial charge on any atom is -0.506 e. The van der Waals surface area contributed by atoms with E-state index in [1.807, 2.05) is 0 Å². The number of hydrogen-bond acceptors (Lipinski definition) is 8. The van der Waals surface area contributed by atoms with Crippen LogP contribution in [0.25, 0.3) is 20.9 Å². The summed E-state index contributed by atoms with van der Waals surface area (Å²) in [4.78, 5) is 29.7. The second kappa shape index (κ2) is 7.30. The number of aromatic hydroxyl groups is 1. The van der Waals surface area contributed by atoms with Crippen LogP contribution in [0.3, 0.4) is 0 Å². The van der Waals surface area contributed by atoms with E-state index < -0.39 is 17.2 Å². The van der Waals surface area contributed by atoms with Crippen LogP contribution in [0.2, 0.25) is 5.02 Å². The summed E-state index contributed by atoms with van der Waals surface area (Å²) in [5, 5.41) is 24.9. The Bertz CT molecular complexity index is 1250. The highest BCUT2D eigenvalue weighted by Crippen LogP contribution is 2.32. The molecule has 0 bridgehead atoms. The average Bonchev–Trinajstić information content (AvgIpc) is 3.34. The molecule has 0 saturated carbocycles. The van der Waals surface area contributed by atoms with E-state index in [2.05, 4.69) is 20.5 Å². The number of amides is 1. The van der Waals surface area contributed by atoms with Crippen LogP contribution in [0.4, 0.5) is 5.13 Å². The first-order chi connectivity index (χ1) is 13.5. The lowest BCUT2D eigenvalue weighted by molar-refractivity contribution is 0.102. The van der Waals surface area contributed by atoms with Crippen molar-refractivity contribution in [2.45, 2.75) is 13.5 Å². The van der Waals surface area contributed by atoms with Crippen molar-refractivity contribution in [3.8, 4) is 15.8 Å². The number of hydrogen-bond donors (Lipinski definition) is 2. The van der Waals surface area contributed by atoms with Gasteiger partial charge in [0.2, 0.25) is 5.13 Å². The molecule has 0 aliphatic heterocycles. The molecule has 0 spiro atoms. The van der Waals surface area contributed by atoms with Crippen molar-refractivity contribution in [1.82, 2.24) is 19.7 Å². The number of halogens is 1. The monoisotopic (exact) mass is 433 g/mol. The highest BCUT2D eigenvalue weighted by atomic mass is 35.5. The molecule has 2 N–H and O–H groups in total. The van der Waals surface area contributed by atoms with Gasteiger partial charge in [0.25, 0.3) is 11.5 Å². The lowest BCUT2D eigenvalue weighted by Gasteiger charge is -2.14. The molecule has 0 aliphatic carbocycles. The van der Waals surface area contributed by atoms with Crippen LogP contribution < -0.4 is 10.9 Å². The third-order valence-electron chi connectivity index (χ3n) is 4.01. The molecule has 8 nitrogen and oxygen atoms in total. The fraction of sp³-hybridized carbons (Fsp3) is 0.118. The molecular weight excluding hydrogens is 422 g/mol. The van der Waals surface area contributed by atoms with Gasteiger partial charge >= 0.3 is 0 Å². The van der Waals surface area contributed by atoms with Crippen molar-refractivity contribution in [2.75, 3.05) is 5.32 Å². The Morgan fingerprint density at radius 1 is 1.32 bits per heavy atom. The van der Waals surface area contributed by atoms with E-state index in [9.17, 15) is 14.7 Å². The molecule has 0 unspecified atom stereocenters. The first-order valence-electron chi connectivity index (χ1n) is 8.10. The number of nitrogens with zero attached hydrogens (tertiary/aromatic N) is 4. The summed E-state index contributed by atoms with van der Waals surface area (Å²) < 4.78 is 1.35. The number of carbonyl (C=O) groups is 1. The fourth-order valence-electron chi connectivity index (χ4n) is 2.81. The number of para-hydroxylation sites is 1. The van der Waals surface area contributed by atoms with E-state index in [0.29, 0.717) is 25.9 Å². The molecule has 0 saturated heterocycles. The summed E-state index contributed by atoms with van der Waals surface area (Å²) in [5.41, 5.74) is -0.627. The van der Waals surface area contributed by atoms with Crippen LogP contribution in [0.15, 0.2) is 34.6 Å². The number of aromatic nitrogens is 4. The molecule has 3 heterocycles. The van der Waals surface area contributed by atoms with Gasteiger partial charge in [0.05, 0.1) is 10.5 Å². The quantitative estimate of drug-likeness (QED) is 0.508. The molecular formula is C17H12ClN5O3S2. The van der Waals surface area contributed by atoms with Crippen LogP contribution in [0, 0.1) is 0 Å². The van der Waals surface area contributed by atoms with Crippen molar-refractivity contribution in [2.24, 2.45) is 0 Å². The van der Waals surface area contributed by atoms with Crippen LogP contribution in [-0.4, -0.2) is 30.8 Å². The largest absolute Gasteiger partial charge is 0.506 e. The van der Waals surface area contributed by atoms with Crippen LogP contribution in [0.5, 0.6) is 5.75 Å². The predicted octanol–water partition coefficient (Wildman–Crippen LogP) is 3.61. The molecule has 1 amide bonds. The van der Waals surface area contributed by atoms with Crippen molar-refractivity contribution in [1.29, 1.82) is 0 Å². The number of anilines is 1. The summed E-state index contributed by atoms with van der Waals surface area (Å²) >= 11 is 8.72. The Morgan fingerprint density at radius 2 is 2.14 bits per heavy atom. The zero-order chi connectivity index (χ0) is 19.8. The Balaban J connectivity index is 1.77. The van der Waals surface area contributed by atoms with E-state index in [0.717, 1.165) is 11.3 Å². The molecule has 3 aromatic heterocycles. The zero-order valence-electron chi connectivity index (χ0n) is 14.3. The second-order valence-corrected chi connectivity index (χ2v) is 7.89. The summed E-state index contributed by atoms with van der Waals surface area (Å²) in [5.74, 6) is -1.19. The normalized spacial score (nSPS) is 11.1. The maximum Gasteiger partial charge on any atom is 0.267 e. The van der Waals surface area contributed by atoms with E-state index >= 15 is 0 Å². The minimum absolute atomic E-state index is 0.197. The van der Waals surface area contributed by atoms with Gasteiger partial charge in [-0.2, -0.15) is 0 Å². The highest BCUT2D eigenvalue weighted by molar-refractivity contribution is 7.22. The number of nitrogens with one attached hydrogen (secondary N) is 1. The molecule has 11 heteroatoms. The molecule has 28 heavy (non-hydrogen) atoms. The summed E-state index contributed by atoms with van der Waals surface area (Å²) in [6, 6.07) is 4.86. The number of fused-ring (bicyclic) bond motifs is 1. The molecule has 1 aromatic carbocycles. The summed E-state index contributed by atoms with van der Waals surface area (Å²) in [6.45, 7) is 2.04. The fourth-order valence-corrected chi connectivity index (χ4v) is 4.50. The van der Waals surface area contributed by atoms with Crippen molar-refractivity contribution < 1.29 is 9.90 Å². The van der Waals surface area contributed by atoms with Crippen LogP contribution in [0.1, 0.15) is 17.3 Å². The van der Waals surface area contributed by atoms with Gasteiger partial charge < -0.3 is 9.67 Å². The number of aryl methyl sites for hydroxylation is 1. The summed E-state index contributed by atoms with van der Waals surface area (Å²) in [6.07, 6.45) is 1.64. The van der Waals surface area contributed by atoms with E-state index in [4.69, 9.17) is 11.6 Å². The van der Waals surface area contributed by atoms with Gasteiger partial charge in [-0.3, -0.25) is 14.9 Å². The first kappa shape index (κ1) is 18.5. The zero-order valence-corrected chi connectivity index (χ0v) is 16.7. The van der Waals surface area contributed by atoms with Crippen molar-refractivity contribution in [3.63, 3.8) is 0 Å². The maximum absolute atomic E-state index is 12.9. The Morgan fingerprint density at radius 3 is 2.86 bits per heavy atom. The highest BCUT2D eigenvalue weighted by Gasteiger charge is 2.24. The van der Waals surface area contributed by atoms with Crippen LogP contribution >= 0.6 is 34.3 Å². The maximum atomic E-state index is 12.9. The molecule has 4 rings (SSSR count). The standard InChI is InChI=1S/C17H12ClN5O3S2/c1-2-23-11-8(4-3-5-9(11)18)12(24)10(16(23)26)13(25)20-17-22-21-15(28-17)14-19-6-7-27-14/h3-7,24H,2H2,1H3,(H,20,22,25). The topological polar surface area (TPSA) is 110 Å². The third kappa shape index (κ3) is 3.05. The first-order valence-corrected chi connectivity index (χ1v) is 10.2. The van der Waals surface area contributed by atoms with E-state index in [1.165, 1.54) is 15.9 Å². The van der Waals surface area contributed by atoms with Gasteiger partial charge in [0.1, 0.15) is 11.3 Å². The van der Waals surface area contributed by atoms with Crippen molar-refractivity contribution in [3.05, 3.63) is 50.7 Å². The molecule has 0 radical (unpaired) electrons. The van der Waals surface area contributed by atoms with Gasteiger partial charge in [-0.1, -0.05) is 29.0 Å².